The van der Waals surface area contributed by atoms with Crippen LogP contribution in [0.2, 0.25) is 0 Å². The van der Waals surface area contributed by atoms with Crippen molar-refractivity contribution < 1.29 is 23.8 Å². The van der Waals surface area contributed by atoms with Gasteiger partial charge in [0.05, 0.1) is 19.2 Å². The lowest BCUT2D eigenvalue weighted by Gasteiger charge is -2.29. The van der Waals surface area contributed by atoms with Gasteiger partial charge in [0, 0.05) is 28.1 Å². The van der Waals surface area contributed by atoms with Gasteiger partial charge < -0.3 is 18.8 Å². The first kappa shape index (κ1) is 25.1. The Kier molecular flexibility index (Phi) is 6.59. The summed E-state index contributed by atoms with van der Waals surface area (Å²) in [5.74, 6) is -1.48. The maximum absolute atomic E-state index is 13.6. The first-order valence-corrected chi connectivity index (χ1v) is 12.1. The van der Waals surface area contributed by atoms with Gasteiger partial charge in [0.15, 0.2) is 5.60 Å². The largest absolute Gasteiger partial charge is 0.465 e. The molecule has 0 amide bonds. The summed E-state index contributed by atoms with van der Waals surface area (Å²) in [6.45, 7) is 7.54. The smallest absolute Gasteiger partial charge is 0.345 e. The van der Waals surface area contributed by atoms with Crippen molar-refractivity contribution in [1.82, 2.24) is 9.55 Å². The van der Waals surface area contributed by atoms with Crippen molar-refractivity contribution in [3.8, 4) is 0 Å². The molecule has 0 saturated carbocycles. The summed E-state index contributed by atoms with van der Waals surface area (Å²) in [6.07, 6.45) is 0.887. The zero-order valence-electron chi connectivity index (χ0n) is 20.3. The van der Waals surface area contributed by atoms with Crippen molar-refractivity contribution >= 4 is 38.8 Å². The first-order valence-electron chi connectivity index (χ1n) is 11.3. The van der Waals surface area contributed by atoms with Gasteiger partial charge in [-0.3, -0.25) is 4.79 Å². The second-order valence-electron chi connectivity index (χ2n) is 9.56. The number of fused-ring (bicyclic) bond motifs is 1. The molecule has 1 aromatic carbocycles. The molecule has 0 unspecified atom stereocenters. The standard InChI is InChI=1S/C26H27BrN2O6/c1-6-26(23(32)34-24(35-26)25(2,3)4)17-11-12-29(21(30)19(17)22(31)33-5)14-16-13-15-9-7-8-10-18(15)28-20(16)27/h7-13,24H,6,14H2,1-5H3/t24-,26-/m0/s1. The lowest BCUT2D eigenvalue weighted by molar-refractivity contribution is -0.156. The summed E-state index contributed by atoms with van der Waals surface area (Å²) in [5, 5.41) is 0.920. The second kappa shape index (κ2) is 9.20. The minimum Gasteiger partial charge on any atom is -0.465 e. The average molecular weight is 543 g/mol. The molecule has 0 aliphatic carbocycles. The maximum Gasteiger partial charge on any atom is 0.345 e. The van der Waals surface area contributed by atoms with Crippen LogP contribution in [0.25, 0.3) is 10.9 Å². The molecule has 2 atom stereocenters. The lowest BCUT2D eigenvalue weighted by atomic mass is 9.88. The number of carbonyl (C=O) groups is 2. The Hall–Kier alpha value is -3.04. The van der Waals surface area contributed by atoms with Crippen LogP contribution in [-0.4, -0.2) is 34.9 Å². The number of pyridine rings is 2. The monoisotopic (exact) mass is 542 g/mol. The normalized spacial score (nSPS) is 20.2. The minimum atomic E-state index is -1.59. The molecule has 0 radical (unpaired) electrons. The average Bonchev–Trinajstić information content (AvgIpc) is 3.17. The number of benzene rings is 1. The topological polar surface area (TPSA) is 96.7 Å². The van der Waals surface area contributed by atoms with Crippen molar-refractivity contribution in [3.05, 3.63) is 74.2 Å². The van der Waals surface area contributed by atoms with E-state index in [1.165, 1.54) is 11.7 Å². The quantitative estimate of drug-likeness (QED) is 0.344. The highest BCUT2D eigenvalue weighted by Gasteiger charge is 2.55. The fourth-order valence-electron chi connectivity index (χ4n) is 4.16. The predicted molar refractivity (Wildman–Crippen MR) is 133 cm³/mol. The van der Waals surface area contributed by atoms with E-state index in [4.69, 9.17) is 14.2 Å². The molecule has 35 heavy (non-hydrogen) atoms. The van der Waals surface area contributed by atoms with Gasteiger partial charge in [-0.25, -0.2) is 14.6 Å². The van der Waals surface area contributed by atoms with Crippen LogP contribution in [0, 0.1) is 5.41 Å². The number of nitrogens with zero attached hydrogens (tertiary/aromatic N) is 2. The van der Waals surface area contributed by atoms with E-state index in [2.05, 4.69) is 20.9 Å². The molecule has 9 heteroatoms. The molecule has 4 rings (SSSR count). The highest BCUT2D eigenvalue weighted by molar-refractivity contribution is 9.10. The van der Waals surface area contributed by atoms with E-state index >= 15 is 0 Å². The van der Waals surface area contributed by atoms with Gasteiger partial charge in [-0.15, -0.1) is 0 Å². The third-order valence-corrected chi connectivity index (χ3v) is 6.82. The van der Waals surface area contributed by atoms with Crippen molar-refractivity contribution in [2.75, 3.05) is 7.11 Å². The SMILES string of the molecule is CC[C@@]1(c2ccn(Cc3cc4ccccc4nc3Br)c(=O)c2C(=O)OC)O[C@@H](C(C)(C)C)OC1=O. The minimum absolute atomic E-state index is 0.139. The summed E-state index contributed by atoms with van der Waals surface area (Å²) >= 11 is 3.48. The molecule has 2 aromatic heterocycles. The Balaban J connectivity index is 1.83. The number of methoxy groups -OCH3 is 1. The number of aromatic nitrogens is 2. The number of carbonyl (C=O) groups excluding carboxylic acids is 2. The summed E-state index contributed by atoms with van der Waals surface area (Å²) in [7, 11) is 1.19. The fraction of sp³-hybridized carbons (Fsp3) is 0.385. The highest BCUT2D eigenvalue weighted by Crippen LogP contribution is 2.43. The molecule has 8 nitrogen and oxygen atoms in total. The Labute approximate surface area is 211 Å². The maximum atomic E-state index is 13.6. The Morgan fingerprint density at radius 1 is 1.23 bits per heavy atom. The number of hydrogen-bond acceptors (Lipinski definition) is 7. The van der Waals surface area contributed by atoms with E-state index in [-0.39, 0.29) is 24.1 Å². The van der Waals surface area contributed by atoms with Gasteiger partial charge >= 0.3 is 11.9 Å². The molecule has 184 valence electrons. The lowest BCUT2D eigenvalue weighted by Crippen LogP contribution is -2.40. The zero-order valence-corrected chi connectivity index (χ0v) is 21.8. The van der Waals surface area contributed by atoms with E-state index in [0.717, 1.165) is 16.5 Å². The molecule has 3 aromatic rings. The van der Waals surface area contributed by atoms with Gasteiger partial charge in [-0.2, -0.15) is 0 Å². The summed E-state index contributed by atoms with van der Waals surface area (Å²) in [6, 6.07) is 11.1. The van der Waals surface area contributed by atoms with Gasteiger partial charge in [-0.05, 0) is 40.5 Å². The first-order chi connectivity index (χ1) is 16.5. The molecule has 1 aliphatic rings. The van der Waals surface area contributed by atoms with E-state index in [1.807, 2.05) is 51.1 Å². The molecule has 0 N–H and O–H groups in total. The number of rotatable bonds is 5. The molecule has 3 heterocycles. The number of para-hydroxylation sites is 1. The summed E-state index contributed by atoms with van der Waals surface area (Å²) < 4.78 is 18.6. The third kappa shape index (κ3) is 4.38. The number of hydrogen-bond donors (Lipinski definition) is 0. The number of halogens is 1. The van der Waals surface area contributed by atoms with Gasteiger partial charge in [0.25, 0.3) is 5.56 Å². The van der Waals surface area contributed by atoms with E-state index in [0.29, 0.717) is 4.60 Å². The van der Waals surface area contributed by atoms with Crippen molar-refractivity contribution in [1.29, 1.82) is 0 Å². The van der Waals surface area contributed by atoms with Crippen LogP contribution in [0.15, 0.2) is 52.0 Å². The molecule has 0 bridgehead atoms. The Bertz CT molecular complexity index is 1380. The van der Waals surface area contributed by atoms with Crippen LogP contribution in [0.3, 0.4) is 0 Å². The number of cyclic esters (lactones) is 1. The van der Waals surface area contributed by atoms with Crippen LogP contribution < -0.4 is 5.56 Å². The van der Waals surface area contributed by atoms with Crippen LogP contribution >= 0.6 is 15.9 Å². The molecular formula is C26H27BrN2O6. The van der Waals surface area contributed by atoms with Gasteiger partial charge in [-0.1, -0.05) is 45.9 Å². The second-order valence-corrected chi connectivity index (χ2v) is 10.3. The third-order valence-electron chi connectivity index (χ3n) is 6.14. The predicted octanol–water partition coefficient (Wildman–Crippen LogP) is 4.54. The summed E-state index contributed by atoms with van der Waals surface area (Å²) in [4.78, 5) is 44.1. The summed E-state index contributed by atoms with van der Waals surface area (Å²) in [5.41, 5.74) is -1.24. The zero-order chi connectivity index (χ0) is 25.5. The van der Waals surface area contributed by atoms with Crippen LogP contribution in [0.4, 0.5) is 0 Å². The van der Waals surface area contributed by atoms with E-state index in [1.54, 1.807) is 19.2 Å². The Morgan fingerprint density at radius 3 is 2.57 bits per heavy atom. The van der Waals surface area contributed by atoms with E-state index in [9.17, 15) is 14.4 Å². The molecule has 1 saturated heterocycles. The molecule has 0 spiro atoms. The Morgan fingerprint density at radius 2 is 1.94 bits per heavy atom. The van der Waals surface area contributed by atoms with Crippen LogP contribution in [0.1, 0.15) is 55.6 Å². The highest BCUT2D eigenvalue weighted by atomic mass is 79.9. The van der Waals surface area contributed by atoms with Gasteiger partial charge in [0.2, 0.25) is 6.29 Å². The van der Waals surface area contributed by atoms with Crippen molar-refractivity contribution in [2.45, 2.75) is 52.6 Å². The van der Waals surface area contributed by atoms with Crippen molar-refractivity contribution in [2.24, 2.45) is 5.41 Å². The molecule has 1 aliphatic heterocycles. The van der Waals surface area contributed by atoms with E-state index < -0.39 is 34.8 Å². The van der Waals surface area contributed by atoms with Crippen molar-refractivity contribution in [3.63, 3.8) is 0 Å². The molecule has 1 fully saturated rings. The molecular weight excluding hydrogens is 516 g/mol. The van der Waals surface area contributed by atoms with Crippen LogP contribution in [0.5, 0.6) is 0 Å². The van der Waals surface area contributed by atoms with Gasteiger partial charge in [0.1, 0.15) is 10.2 Å². The van der Waals surface area contributed by atoms with Crippen LogP contribution in [-0.2, 0) is 31.2 Å². The number of esters is 2. The fourth-order valence-corrected chi connectivity index (χ4v) is 4.59. The number of ether oxygens (including phenoxy) is 3.